The fraction of sp³-hybridized carbons (Fsp3) is 0.474. The van der Waals surface area contributed by atoms with Gasteiger partial charge in [-0.3, -0.25) is 9.59 Å². The van der Waals surface area contributed by atoms with E-state index in [0.717, 1.165) is 32.1 Å². The van der Waals surface area contributed by atoms with Gasteiger partial charge in [-0.05, 0) is 97.6 Å². The van der Waals surface area contributed by atoms with E-state index in [1.54, 1.807) is 0 Å². The Morgan fingerprint density at radius 3 is 1.75 bits per heavy atom. The molecule has 0 spiro atoms. The van der Waals surface area contributed by atoms with Crippen LogP contribution in [0, 0.1) is 40.4 Å². The molecular formula is C38H43NO2S3. The number of hydrogen-bond donors (Lipinski definition) is 1. The van der Waals surface area contributed by atoms with Crippen LogP contribution < -0.4 is 5.73 Å². The average molecular weight is 642 g/mol. The number of carbonyl (C=O) groups is 2. The highest BCUT2D eigenvalue weighted by Gasteiger charge is 2.67. The molecule has 0 aromatic heterocycles. The third-order valence-electron chi connectivity index (χ3n) is 11.8. The molecule has 44 heavy (non-hydrogen) atoms. The number of Topliss-reactive ketones (excluding diaryl/α,β-unsaturated/α-hetero) is 2. The maximum Gasteiger partial charge on any atom is 0.149 e. The first-order chi connectivity index (χ1) is 21.2. The average Bonchev–Trinajstić information content (AvgIpc) is 3.31. The summed E-state index contributed by atoms with van der Waals surface area (Å²) < 4.78 is -0.360. The molecule has 2 N–H and O–H groups in total. The van der Waals surface area contributed by atoms with Crippen LogP contribution in [0.1, 0.15) is 58.8 Å². The van der Waals surface area contributed by atoms with Crippen LogP contribution in [0.5, 0.6) is 0 Å². The van der Waals surface area contributed by atoms with Crippen LogP contribution in [-0.4, -0.2) is 21.0 Å². The lowest BCUT2D eigenvalue weighted by Gasteiger charge is -2.61. The van der Waals surface area contributed by atoms with Gasteiger partial charge in [-0.25, -0.2) is 0 Å². The predicted molar refractivity (Wildman–Crippen MR) is 184 cm³/mol. The molecule has 3 aromatic carbocycles. The van der Waals surface area contributed by atoms with Gasteiger partial charge in [0.1, 0.15) is 15.0 Å². The lowest BCUT2D eigenvalue weighted by Crippen LogP contribution is -2.60. The molecule has 4 saturated carbocycles. The molecule has 0 heterocycles. The van der Waals surface area contributed by atoms with E-state index in [0.29, 0.717) is 30.5 Å². The highest BCUT2D eigenvalue weighted by Crippen LogP contribution is 2.72. The topological polar surface area (TPSA) is 60.2 Å². The maximum atomic E-state index is 14.4. The van der Waals surface area contributed by atoms with Crippen LogP contribution in [0.4, 0.5) is 0 Å². The van der Waals surface area contributed by atoms with Crippen molar-refractivity contribution < 1.29 is 9.59 Å². The Bertz CT molecular complexity index is 1400. The van der Waals surface area contributed by atoms with Crippen molar-refractivity contribution in [2.75, 3.05) is 0 Å². The zero-order valence-corrected chi connectivity index (χ0v) is 28.1. The summed E-state index contributed by atoms with van der Waals surface area (Å²) in [7, 11) is 0. The van der Waals surface area contributed by atoms with Crippen LogP contribution in [0.15, 0.2) is 106 Å². The predicted octanol–water partition coefficient (Wildman–Crippen LogP) is 9.36. The van der Waals surface area contributed by atoms with Gasteiger partial charge in [0.05, 0.1) is 6.04 Å². The molecule has 0 amide bonds. The minimum absolute atomic E-state index is 0.0577. The Hall–Kier alpha value is -1.99. The van der Waals surface area contributed by atoms with Gasteiger partial charge < -0.3 is 5.73 Å². The largest absolute Gasteiger partial charge is 0.321 e. The van der Waals surface area contributed by atoms with E-state index in [-0.39, 0.29) is 43.8 Å². The zero-order valence-electron chi connectivity index (χ0n) is 25.7. The lowest BCUT2D eigenvalue weighted by molar-refractivity contribution is -0.148. The van der Waals surface area contributed by atoms with Crippen molar-refractivity contribution in [1.82, 2.24) is 0 Å². The molecule has 0 radical (unpaired) electrons. The minimum Gasteiger partial charge on any atom is -0.321 e. The summed E-state index contributed by atoms with van der Waals surface area (Å²) in [5, 5.41) is 0. The van der Waals surface area contributed by atoms with Crippen LogP contribution in [-0.2, 0) is 9.59 Å². The van der Waals surface area contributed by atoms with Gasteiger partial charge in [0.25, 0.3) is 0 Å². The van der Waals surface area contributed by atoms with Crippen molar-refractivity contribution in [2.45, 2.75) is 82.9 Å². The Balaban J connectivity index is 1.36. The van der Waals surface area contributed by atoms with Crippen molar-refractivity contribution in [1.29, 1.82) is 0 Å². The standard InChI is InChI=1S/C38H43NO2S3/c1-36-23-21-32(40)35(39)30(36)19-18-28-29(36)20-22-37(2)33(41)24-31(34(28)37)38(42-25-12-6-3-7-13-25,43-26-14-8-4-9-15-26)44-27-16-10-5-11-17-27/h3-17,28-31,34-35H,18-24,39H2,1-2H3/t28-,29-,30?,31?,34-,35?,36-,37-/m1/s1. The number of ketones is 2. The van der Waals surface area contributed by atoms with Crippen molar-refractivity contribution in [2.24, 2.45) is 46.2 Å². The summed E-state index contributed by atoms with van der Waals surface area (Å²) >= 11 is 5.85. The molecule has 7 rings (SSSR count). The van der Waals surface area contributed by atoms with E-state index in [1.165, 1.54) is 14.7 Å². The maximum absolute atomic E-state index is 14.4. The lowest BCUT2D eigenvalue weighted by atomic mass is 9.44. The molecule has 0 saturated heterocycles. The van der Waals surface area contributed by atoms with Gasteiger partial charge in [0.15, 0.2) is 0 Å². The molecule has 8 atom stereocenters. The van der Waals surface area contributed by atoms with Crippen LogP contribution >= 0.6 is 35.3 Å². The molecule has 3 nitrogen and oxygen atoms in total. The monoisotopic (exact) mass is 641 g/mol. The molecule has 4 aliphatic carbocycles. The SMILES string of the molecule is C[C@]12CCC(=O)C(N)C1CC[C@@H]1[C@H]2CC[C@]2(C)C(=O)CC(C(Sc3ccccc3)(Sc3ccccc3)Sc3ccccc3)[C@@H]12. The van der Waals surface area contributed by atoms with Crippen molar-refractivity contribution in [3.05, 3.63) is 91.0 Å². The molecule has 0 aliphatic heterocycles. The van der Waals surface area contributed by atoms with Crippen molar-refractivity contribution in [3.63, 3.8) is 0 Å². The smallest absolute Gasteiger partial charge is 0.149 e. The summed E-state index contributed by atoms with van der Waals surface area (Å²) in [5.41, 5.74) is 6.37. The Morgan fingerprint density at radius 1 is 0.705 bits per heavy atom. The number of rotatable bonds is 7. The fourth-order valence-corrected chi connectivity index (χ4v) is 14.9. The van der Waals surface area contributed by atoms with Gasteiger partial charge in [-0.1, -0.05) is 104 Å². The third-order valence-corrected chi connectivity index (χ3v) is 16.6. The molecule has 3 aromatic rings. The molecule has 6 heteroatoms. The van der Waals surface area contributed by atoms with Crippen LogP contribution in [0.25, 0.3) is 0 Å². The van der Waals surface area contributed by atoms with E-state index in [9.17, 15) is 9.59 Å². The zero-order chi connectivity index (χ0) is 30.5. The second-order valence-corrected chi connectivity index (χ2v) is 18.8. The number of fused-ring (bicyclic) bond motifs is 5. The summed E-state index contributed by atoms with van der Waals surface area (Å²) in [4.78, 5) is 30.8. The van der Waals surface area contributed by atoms with Gasteiger partial charge in [-0.15, -0.1) is 0 Å². The molecule has 4 fully saturated rings. The van der Waals surface area contributed by atoms with E-state index in [2.05, 4.69) is 105 Å². The molecular weight excluding hydrogens is 599 g/mol. The number of nitrogens with two attached hydrogens (primary N) is 1. The summed E-state index contributed by atoms with van der Waals surface area (Å²) in [6, 6.07) is 32.0. The highest BCUT2D eigenvalue weighted by molar-refractivity contribution is 8.33. The molecule has 4 aliphatic rings. The first-order valence-corrected chi connectivity index (χ1v) is 18.7. The first-order valence-electron chi connectivity index (χ1n) is 16.3. The summed E-state index contributed by atoms with van der Waals surface area (Å²) in [5.74, 6) is 2.36. The first kappa shape index (κ1) is 30.7. The second-order valence-electron chi connectivity index (χ2n) is 14.0. The third kappa shape index (κ3) is 5.22. The van der Waals surface area contributed by atoms with Crippen LogP contribution in [0.2, 0.25) is 0 Å². The quantitative estimate of drug-likeness (QED) is 0.205. The number of benzene rings is 3. The fourth-order valence-electron chi connectivity index (χ4n) is 9.70. The van der Waals surface area contributed by atoms with Crippen LogP contribution in [0.3, 0.4) is 0 Å². The Morgan fingerprint density at radius 2 is 1.23 bits per heavy atom. The minimum atomic E-state index is -0.360. The number of carbonyl (C=O) groups excluding carboxylic acids is 2. The van der Waals surface area contributed by atoms with Gasteiger partial charge in [0, 0.05) is 38.9 Å². The number of hydrogen-bond acceptors (Lipinski definition) is 6. The summed E-state index contributed by atoms with van der Waals surface area (Å²) in [6.07, 6.45) is 6.22. The van der Waals surface area contributed by atoms with E-state index < -0.39 is 0 Å². The number of thioether (sulfide) groups is 3. The Kier molecular flexibility index (Phi) is 8.35. The van der Waals surface area contributed by atoms with Gasteiger partial charge >= 0.3 is 0 Å². The van der Waals surface area contributed by atoms with Gasteiger partial charge in [-0.2, -0.15) is 0 Å². The molecule has 0 bridgehead atoms. The van der Waals surface area contributed by atoms with Crippen molar-refractivity contribution >= 4 is 46.9 Å². The van der Waals surface area contributed by atoms with Crippen molar-refractivity contribution in [3.8, 4) is 0 Å². The molecule has 230 valence electrons. The van der Waals surface area contributed by atoms with E-state index in [1.807, 2.05) is 35.3 Å². The highest BCUT2D eigenvalue weighted by atomic mass is 32.3. The second kappa shape index (κ2) is 12.0. The normalized spacial score (nSPS) is 35.1. The van der Waals surface area contributed by atoms with E-state index >= 15 is 0 Å². The van der Waals surface area contributed by atoms with Gasteiger partial charge in [0.2, 0.25) is 0 Å². The summed E-state index contributed by atoms with van der Waals surface area (Å²) in [6.45, 7) is 4.75. The Labute approximate surface area is 275 Å². The molecule has 3 unspecified atom stereocenters. The van der Waals surface area contributed by atoms with E-state index in [4.69, 9.17) is 5.73 Å².